The molecule has 0 fully saturated rings. The number of rotatable bonds is 4. The van der Waals surface area contributed by atoms with Crippen molar-refractivity contribution < 1.29 is 9.15 Å². The highest BCUT2D eigenvalue weighted by atomic mass is 35.5. The third-order valence-electron chi connectivity index (χ3n) is 2.28. The van der Waals surface area contributed by atoms with E-state index in [-0.39, 0.29) is 17.1 Å². The molecule has 1 heterocycles. The fourth-order valence-corrected chi connectivity index (χ4v) is 1.55. The summed E-state index contributed by atoms with van der Waals surface area (Å²) in [6.07, 6.45) is 2.63. The van der Waals surface area contributed by atoms with Crippen molar-refractivity contribution in [2.24, 2.45) is 0 Å². The molecule has 4 heteroatoms. The molecule has 0 aliphatic rings. The molecule has 2 aromatic rings. The Morgan fingerprint density at radius 2 is 1.94 bits per heavy atom. The first-order valence-corrected chi connectivity index (χ1v) is 5.67. The Labute approximate surface area is 104 Å². The maximum Gasteiger partial charge on any atom is 0.231 e. The predicted octanol–water partition coefficient (Wildman–Crippen LogP) is 2.96. The van der Waals surface area contributed by atoms with Crippen LogP contribution in [0.3, 0.4) is 0 Å². The number of halogens is 1. The fraction of sp³-hybridized carbons (Fsp3) is 0.154. The van der Waals surface area contributed by atoms with Crippen molar-refractivity contribution in [2.45, 2.75) is 12.5 Å². The Hall–Kier alpha value is -1.74. The number of hydrogen-bond donors (Lipinski definition) is 0. The van der Waals surface area contributed by atoms with Gasteiger partial charge >= 0.3 is 0 Å². The van der Waals surface area contributed by atoms with Crippen LogP contribution >= 0.6 is 11.6 Å². The zero-order valence-electron chi connectivity index (χ0n) is 9.06. The van der Waals surface area contributed by atoms with Gasteiger partial charge in [-0.1, -0.05) is 30.3 Å². The molecule has 0 bridgehead atoms. The van der Waals surface area contributed by atoms with Crippen molar-refractivity contribution in [1.29, 1.82) is 0 Å². The van der Waals surface area contributed by atoms with Crippen LogP contribution in [-0.4, -0.2) is 0 Å². The summed E-state index contributed by atoms with van der Waals surface area (Å²) in [5, 5.41) is 0. The zero-order chi connectivity index (χ0) is 12.1. The van der Waals surface area contributed by atoms with E-state index in [1.165, 1.54) is 12.5 Å². The van der Waals surface area contributed by atoms with Crippen LogP contribution in [0.4, 0.5) is 0 Å². The molecule has 0 saturated carbocycles. The molecule has 17 heavy (non-hydrogen) atoms. The Morgan fingerprint density at radius 3 is 2.65 bits per heavy atom. The average Bonchev–Trinajstić information content (AvgIpc) is 2.39. The van der Waals surface area contributed by atoms with Gasteiger partial charge in [-0.3, -0.25) is 4.79 Å². The molecule has 0 atom stereocenters. The van der Waals surface area contributed by atoms with E-state index in [9.17, 15) is 4.79 Å². The van der Waals surface area contributed by atoms with E-state index >= 15 is 0 Å². The minimum absolute atomic E-state index is 0.116. The highest BCUT2D eigenvalue weighted by Crippen LogP contribution is 2.09. The van der Waals surface area contributed by atoms with E-state index in [0.717, 1.165) is 5.56 Å². The van der Waals surface area contributed by atoms with E-state index in [1.807, 2.05) is 30.3 Å². The molecule has 0 saturated heterocycles. The van der Waals surface area contributed by atoms with E-state index in [4.69, 9.17) is 20.8 Å². The largest absolute Gasteiger partial charge is 0.482 e. The summed E-state index contributed by atoms with van der Waals surface area (Å²) in [4.78, 5) is 11.8. The number of alkyl halides is 1. The summed E-state index contributed by atoms with van der Waals surface area (Å²) in [7, 11) is 0. The van der Waals surface area contributed by atoms with Gasteiger partial charge in [-0.15, -0.1) is 11.6 Å². The number of hydrogen-bond acceptors (Lipinski definition) is 3. The molecule has 0 unspecified atom stereocenters. The quantitative estimate of drug-likeness (QED) is 0.783. The molecule has 2 rings (SSSR count). The van der Waals surface area contributed by atoms with Crippen LogP contribution in [0, 0.1) is 0 Å². The van der Waals surface area contributed by atoms with Gasteiger partial charge in [0.2, 0.25) is 11.2 Å². The van der Waals surface area contributed by atoms with Crippen LogP contribution in [0.15, 0.2) is 52.1 Å². The van der Waals surface area contributed by atoms with E-state index in [2.05, 4.69) is 0 Å². The molecule has 1 aromatic carbocycles. The van der Waals surface area contributed by atoms with E-state index in [1.54, 1.807) is 0 Å². The van der Waals surface area contributed by atoms with E-state index in [0.29, 0.717) is 12.2 Å². The molecular weight excluding hydrogens is 240 g/mol. The molecule has 3 nitrogen and oxygen atoms in total. The Kier molecular flexibility index (Phi) is 3.83. The van der Waals surface area contributed by atoms with Gasteiger partial charge in [0, 0.05) is 0 Å². The summed E-state index contributed by atoms with van der Waals surface area (Å²) in [5.41, 5.74) is 1.17. The highest BCUT2D eigenvalue weighted by molar-refractivity contribution is 6.17. The van der Waals surface area contributed by atoms with Gasteiger partial charge in [-0.25, -0.2) is 0 Å². The van der Waals surface area contributed by atoms with Gasteiger partial charge in [-0.05, 0) is 5.56 Å². The maximum atomic E-state index is 11.8. The molecule has 0 spiro atoms. The number of ether oxygens (including phenoxy) is 1. The molecule has 0 aliphatic carbocycles. The lowest BCUT2D eigenvalue weighted by Crippen LogP contribution is -2.11. The van der Waals surface area contributed by atoms with Crippen molar-refractivity contribution in [3.8, 4) is 5.75 Å². The summed E-state index contributed by atoms with van der Waals surface area (Å²) in [6, 6.07) is 9.60. The first-order chi connectivity index (χ1) is 8.31. The van der Waals surface area contributed by atoms with Gasteiger partial charge in [0.15, 0.2) is 0 Å². The van der Waals surface area contributed by atoms with Gasteiger partial charge in [0.25, 0.3) is 0 Å². The number of benzene rings is 1. The third kappa shape index (κ3) is 2.88. The van der Waals surface area contributed by atoms with Gasteiger partial charge in [-0.2, -0.15) is 0 Å². The second-order valence-electron chi connectivity index (χ2n) is 3.50. The fourth-order valence-electron chi connectivity index (χ4n) is 1.37. The van der Waals surface area contributed by atoms with Crippen molar-refractivity contribution in [1.82, 2.24) is 0 Å². The SMILES string of the molecule is O=c1c(CCl)cocc1OCc1ccccc1. The van der Waals surface area contributed by atoms with Crippen molar-refractivity contribution in [2.75, 3.05) is 0 Å². The average molecular weight is 251 g/mol. The first kappa shape index (κ1) is 11.7. The summed E-state index contributed by atoms with van der Waals surface area (Å²) in [6.45, 7) is 0.331. The minimum Gasteiger partial charge on any atom is -0.482 e. The second kappa shape index (κ2) is 5.55. The molecule has 0 radical (unpaired) electrons. The molecule has 0 N–H and O–H groups in total. The van der Waals surface area contributed by atoms with Crippen LogP contribution in [0.1, 0.15) is 11.1 Å². The van der Waals surface area contributed by atoms with Gasteiger partial charge in [0.05, 0.1) is 17.7 Å². The van der Waals surface area contributed by atoms with Gasteiger partial charge < -0.3 is 9.15 Å². The van der Waals surface area contributed by atoms with Crippen LogP contribution in [0.5, 0.6) is 5.75 Å². The Balaban J connectivity index is 2.12. The van der Waals surface area contributed by atoms with Crippen molar-refractivity contribution >= 4 is 11.6 Å². The van der Waals surface area contributed by atoms with Crippen LogP contribution in [0.25, 0.3) is 0 Å². The molecule has 0 amide bonds. The smallest absolute Gasteiger partial charge is 0.231 e. The third-order valence-corrected chi connectivity index (χ3v) is 2.57. The second-order valence-corrected chi connectivity index (χ2v) is 3.77. The van der Waals surface area contributed by atoms with Crippen molar-refractivity contribution in [3.63, 3.8) is 0 Å². The summed E-state index contributed by atoms with van der Waals surface area (Å²) < 4.78 is 10.4. The van der Waals surface area contributed by atoms with Crippen LogP contribution < -0.4 is 10.2 Å². The summed E-state index contributed by atoms with van der Waals surface area (Å²) in [5.74, 6) is 0.303. The lowest BCUT2D eigenvalue weighted by molar-refractivity contribution is 0.291. The highest BCUT2D eigenvalue weighted by Gasteiger charge is 2.06. The molecule has 88 valence electrons. The zero-order valence-corrected chi connectivity index (χ0v) is 9.81. The summed E-state index contributed by atoms with van der Waals surface area (Å²) >= 11 is 5.61. The lowest BCUT2D eigenvalue weighted by Gasteiger charge is -2.05. The minimum atomic E-state index is -0.220. The van der Waals surface area contributed by atoms with Crippen molar-refractivity contribution in [3.05, 3.63) is 64.2 Å². The molecular formula is C13H11ClO3. The Bertz CT molecular complexity index is 534. The topological polar surface area (TPSA) is 39.4 Å². The monoisotopic (exact) mass is 250 g/mol. The first-order valence-electron chi connectivity index (χ1n) is 5.13. The predicted molar refractivity (Wildman–Crippen MR) is 65.3 cm³/mol. The lowest BCUT2D eigenvalue weighted by atomic mass is 10.2. The van der Waals surface area contributed by atoms with Crippen LogP contribution in [0.2, 0.25) is 0 Å². The normalized spacial score (nSPS) is 10.2. The molecule has 1 aromatic heterocycles. The van der Waals surface area contributed by atoms with Gasteiger partial charge in [0.1, 0.15) is 12.9 Å². The van der Waals surface area contributed by atoms with E-state index < -0.39 is 0 Å². The maximum absolute atomic E-state index is 11.8. The van der Waals surface area contributed by atoms with Crippen LogP contribution in [-0.2, 0) is 12.5 Å². The molecule has 0 aliphatic heterocycles. The Morgan fingerprint density at radius 1 is 1.18 bits per heavy atom. The standard InChI is InChI=1S/C13H11ClO3/c14-6-11-8-16-9-12(13(11)15)17-7-10-4-2-1-3-5-10/h1-5,8-9H,6-7H2.